The Balaban J connectivity index is 1.93. The second-order valence-corrected chi connectivity index (χ2v) is 6.21. The number of hydrazine groups is 1. The highest BCUT2D eigenvalue weighted by atomic mass is 16.5. The second-order valence-electron chi connectivity index (χ2n) is 6.21. The highest BCUT2D eigenvalue weighted by Crippen LogP contribution is 2.16. The normalized spacial score (nSPS) is 16.4. The van der Waals surface area contributed by atoms with Crippen LogP contribution in [0.2, 0.25) is 0 Å². The van der Waals surface area contributed by atoms with Crippen molar-refractivity contribution in [3.63, 3.8) is 0 Å². The summed E-state index contributed by atoms with van der Waals surface area (Å²) >= 11 is 0. The van der Waals surface area contributed by atoms with Crippen LogP contribution in [-0.2, 0) is 4.74 Å². The molecule has 1 aromatic rings. The number of piperidine rings is 1. The fraction of sp³-hybridized carbons (Fsp3) is 0.421. The van der Waals surface area contributed by atoms with Crippen LogP contribution >= 0.6 is 0 Å². The van der Waals surface area contributed by atoms with E-state index in [-0.39, 0.29) is 5.82 Å². The molecule has 0 unspecified atom stereocenters. The van der Waals surface area contributed by atoms with Crippen molar-refractivity contribution in [1.29, 1.82) is 0 Å². The van der Waals surface area contributed by atoms with Crippen molar-refractivity contribution >= 4 is 11.9 Å². The van der Waals surface area contributed by atoms with E-state index in [1.807, 2.05) is 37.3 Å². The Morgan fingerprint density at radius 3 is 2.76 bits per heavy atom. The minimum atomic E-state index is 0.268. The number of rotatable bonds is 9. The van der Waals surface area contributed by atoms with Crippen molar-refractivity contribution < 1.29 is 4.74 Å². The van der Waals surface area contributed by atoms with Gasteiger partial charge in [-0.3, -0.25) is 10.9 Å². The second kappa shape index (κ2) is 10.4. The van der Waals surface area contributed by atoms with Gasteiger partial charge in [0, 0.05) is 11.8 Å². The average Bonchev–Trinajstić information content (AvgIpc) is 2.64. The average molecular weight is 343 g/mol. The molecule has 0 amide bonds. The van der Waals surface area contributed by atoms with Gasteiger partial charge in [0.25, 0.3) is 0 Å². The Labute approximate surface area is 150 Å². The third-order valence-electron chi connectivity index (χ3n) is 4.11. The fourth-order valence-corrected chi connectivity index (χ4v) is 2.64. The number of anilines is 1. The molecule has 1 aliphatic heterocycles. The molecular weight excluding hydrogens is 314 g/mol. The van der Waals surface area contributed by atoms with Crippen molar-refractivity contribution in [2.45, 2.75) is 26.2 Å². The van der Waals surface area contributed by atoms with Gasteiger partial charge in [-0.15, -0.1) is 0 Å². The van der Waals surface area contributed by atoms with Crippen molar-refractivity contribution in [2.24, 2.45) is 16.6 Å². The van der Waals surface area contributed by atoms with Crippen LogP contribution < -0.4 is 21.9 Å². The Bertz CT molecular complexity index is 591. The third kappa shape index (κ3) is 7.30. The van der Waals surface area contributed by atoms with Crippen LogP contribution in [0.3, 0.4) is 0 Å². The molecule has 0 spiro atoms. The molecule has 6 nitrogen and oxygen atoms in total. The number of para-hydroxylation sites is 1. The summed E-state index contributed by atoms with van der Waals surface area (Å²) in [4.78, 5) is 4.04. The minimum Gasteiger partial charge on any atom is -0.478 e. The van der Waals surface area contributed by atoms with Crippen LogP contribution in [0.4, 0.5) is 5.69 Å². The van der Waals surface area contributed by atoms with Gasteiger partial charge in [-0.25, -0.2) is 4.99 Å². The van der Waals surface area contributed by atoms with Gasteiger partial charge < -0.3 is 15.8 Å². The number of aliphatic imine (C=N–C) groups is 1. The maximum absolute atomic E-state index is 5.98. The number of nitrogens with one attached hydrogen (secondary N) is 3. The monoisotopic (exact) mass is 343 g/mol. The first kappa shape index (κ1) is 18.9. The Hall–Kier alpha value is -2.47. The lowest BCUT2D eigenvalue weighted by atomic mass is 9.95. The van der Waals surface area contributed by atoms with E-state index in [0.717, 1.165) is 36.7 Å². The van der Waals surface area contributed by atoms with E-state index in [2.05, 4.69) is 27.7 Å². The van der Waals surface area contributed by atoms with E-state index < -0.39 is 0 Å². The zero-order valence-corrected chi connectivity index (χ0v) is 14.9. The molecule has 0 aromatic heterocycles. The van der Waals surface area contributed by atoms with Crippen molar-refractivity contribution in [1.82, 2.24) is 10.7 Å². The molecule has 136 valence electrons. The fourth-order valence-electron chi connectivity index (χ4n) is 2.64. The predicted molar refractivity (Wildman–Crippen MR) is 104 cm³/mol. The van der Waals surface area contributed by atoms with E-state index in [9.17, 15) is 0 Å². The van der Waals surface area contributed by atoms with Crippen LogP contribution in [0.5, 0.6) is 0 Å². The number of nitrogens with zero attached hydrogens (tertiary/aromatic N) is 1. The van der Waals surface area contributed by atoms with E-state index in [0.29, 0.717) is 12.5 Å². The topological polar surface area (TPSA) is 83.7 Å². The summed E-state index contributed by atoms with van der Waals surface area (Å²) in [6, 6.07) is 9.87. The van der Waals surface area contributed by atoms with Crippen LogP contribution in [0.25, 0.3) is 0 Å². The molecule has 1 aromatic carbocycles. The third-order valence-corrected chi connectivity index (χ3v) is 4.11. The maximum Gasteiger partial charge on any atom is 0.210 e. The SMILES string of the molecule is C=C(N)N=CC(C)=C(NNc1ccccc1)OCCC1CCNCC1. The van der Waals surface area contributed by atoms with Crippen LogP contribution in [0.1, 0.15) is 26.2 Å². The summed E-state index contributed by atoms with van der Waals surface area (Å²) in [6.07, 6.45) is 5.13. The van der Waals surface area contributed by atoms with Gasteiger partial charge in [0.15, 0.2) is 0 Å². The predicted octanol–water partition coefficient (Wildman–Crippen LogP) is 2.74. The maximum atomic E-state index is 5.98. The molecule has 0 atom stereocenters. The molecule has 1 heterocycles. The van der Waals surface area contributed by atoms with Crippen LogP contribution in [0, 0.1) is 5.92 Å². The number of ether oxygens (including phenoxy) is 1. The first-order valence-corrected chi connectivity index (χ1v) is 8.75. The van der Waals surface area contributed by atoms with E-state index >= 15 is 0 Å². The number of nitrogens with two attached hydrogens (primary N) is 1. The summed E-state index contributed by atoms with van der Waals surface area (Å²) in [5, 5.41) is 3.39. The summed E-state index contributed by atoms with van der Waals surface area (Å²) < 4.78 is 5.98. The lowest BCUT2D eigenvalue weighted by molar-refractivity contribution is 0.164. The van der Waals surface area contributed by atoms with Gasteiger partial charge >= 0.3 is 0 Å². The molecule has 1 fully saturated rings. The first-order chi connectivity index (χ1) is 12.1. The van der Waals surface area contributed by atoms with Gasteiger partial charge in [0.2, 0.25) is 5.88 Å². The Morgan fingerprint density at radius 1 is 1.36 bits per heavy atom. The smallest absolute Gasteiger partial charge is 0.210 e. The number of hydrogen-bond donors (Lipinski definition) is 4. The Morgan fingerprint density at radius 2 is 2.08 bits per heavy atom. The van der Waals surface area contributed by atoms with Crippen molar-refractivity contribution in [3.05, 3.63) is 54.2 Å². The quantitative estimate of drug-likeness (QED) is 0.315. The van der Waals surface area contributed by atoms with E-state index in [4.69, 9.17) is 10.5 Å². The number of benzene rings is 1. The highest BCUT2D eigenvalue weighted by Gasteiger charge is 2.13. The van der Waals surface area contributed by atoms with Gasteiger partial charge in [-0.05, 0) is 57.3 Å². The first-order valence-electron chi connectivity index (χ1n) is 8.75. The van der Waals surface area contributed by atoms with Crippen molar-refractivity contribution in [3.8, 4) is 0 Å². The zero-order chi connectivity index (χ0) is 17.9. The minimum absolute atomic E-state index is 0.268. The molecule has 1 saturated heterocycles. The molecule has 2 rings (SSSR count). The van der Waals surface area contributed by atoms with Crippen LogP contribution in [0.15, 0.2) is 59.2 Å². The van der Waals surface area contributed by atoms with Gasteiger partial charge in [-0.1, -0.05) is 24.8 Å². The summed E-state index contributed by atoms with van der Waals surface area (Å²) in [6.45, 7) is 8.37. The van der Waals surface area contributed by atoms with Crippen molar-refractivity contribution in [2.75, 3.05) is 25.1 Å². The van der Waals surface area contributed by atoms with E-state index in [1.165, 1.54) is 12.8 Å². The zero-order valence-electron chi connectivity index (χ0n) is 14.9. The molecule has 25 heavy (non-hydrogen) atoms. The molecule has 0 radical (unpaired) electrons. The summed E-state index contributed by atoms with van der Waals surface area (Å²) in [7, 11) is 0. The largest absolute Gasteiger partial charge is 0.478 e. The molecule has 6 heteroatoms. The lowest BCUT2D eigenvalue weighted by Gasteiger charge is -2.23. The number of hydrogen-bond acceptors (Lipinski definition) is 6. The van der Waals surface area contributed by atoms with Gasteiger partial charge in [-0.2, -0.15) is 0 Å². The molecule has 0 aliphatic carbocycles. The molecule has 0 saturated carbocycles. The molecular formula is C19H29N5O. The van der Waals surface area contributed by atoms with Gasteiger partial charge in [0.1, 0.15) is 5.82 Å². The summed E-state index contributed by atoms with van der Waals surface area (Å²) in [5.41, 5.74) is 13.6. The highest BCUT2D eigenvalue weighted by molar-refractivity contribution is 5.79. The van der Waals surface area contributed by atoms with Crippen LogP contribution in [-0.4, -0.2) is 25.9 Å². The number of allylic oxidation sites excluding steroid dienone is 1. The standard InChI is InChI=1S/C19H29N5O/c1-15(14-22-16(2)20)19(24-23-18-6-4-3-5-7-18)25-13-10-17-8-11-21-12-9-17/h3-7,14,17,21,23-24H,2,8-13,20H2,1H3. The molecule has 1 aliphatic rings. The lowest BCUT2D eigenvalue weighted by Crippen LogP contribution is -2.29. The molecule has 5 N–H and O–H groups in total. The Kier molecular flexibility index (Phi) is 7.85. The molecule has 0 bridgehead atoms. The van der Waals surface area contributed by atoms with E-state index in [1.54, 1.807) is 6.21 Å². The van der Waals surface area contributed by atoms with Gasteiger partial charge in [0.05, 0.1) is 12.3 Å². The summed E-state index contributed by atoms with van der Waals surface area (Å²) in [5.74, 6) is 1.63.